The second-order valence-electron chi connectivity index (χ2n) is 4.95. The van der Waals surface area contributed by atoms with Crippen molar-refractivity contribution in [2.45, 2.75) is 9.79 Å². The van der Waals surface area contributed by atoms with Crippen LogP contribution in [0.4, 0.5) is 11.4 Å². The average Bonchev–Trinajstić information content (AvgIpc) is 2.63. The molecule has 0 aliphatic rings. The Hall–Kier alpha value is -2.44. The molecule has 4 nitrogen and oxygen atoms in total. The molecule has 0 saturated carbocycles. The summed E-state index contributed by atoms with van der Waals surface area (Å²) in [4.78, 5) is 1.25. The molecule has 0 heterocycles. The van der Waals surface area contributed by atoms with E-state index in [1.54, 1.807) is 24.3 Å². The molecule has 0 amide bonds. The standard InChI is InChI=1S/C18H16N2O2S2/c21-23(19-15-7-3-1-4-8-15)17-11-13-18(14-12-17)24(22)20-16-9-5-2-6-10-16/h1-14,19-20H. The Morgan fingerprint density at radius 3 is 1.17 bits per heavy atom. The van der Waals surface area contributed by atoms with Crippen LogP contribution in [0.3, 0.4) is 0 Å². The largest absolute Gasteiger partial charge is 0.301 e. The quantitative estimate of drug-likeness (QED) is 0.702. The van der Waals surface area contributed by atoms with Crippen LogP contribution in [0.5, 0.6) is 0 Å². The fraction of sp³-hybridized carbons (Fsp3) is 0. The van der Waals surface area contributed by atoms with Gasteiger partial charge >= 0.3 is 0 Å². The van der Waals surface area contributed by atoms with Crippen LogP contribution in [0.1, 0.15) is 0 Å². The van der Waals surface area contributed by atoms with Crippen LogP contribution in [0.2, 0.25) is 0 Å². The van der Waals surface area contributed by atoms with Gasteiger partial charge in [0.05, 0.1) is 9.79 Å². The van der Waals surface area contributed by atoms with Gasteiger partial charge in [-0.05, 0) is 48.5 Å². The lowest BCUT2D eigenvalue weighted by molar-refractivity contribution is 0.684. The first kappa shape index (κ1) is 16.4. The van der Waals surface area contributed by atoms with Crippen molar-refractivity contribution < 1.29 is 8.42 Å². The highest BCUT2D eigenvalue weighted by atomic mass is 32.2. The lowest BCUT2D eigenvalue weighted by atomic mass is 10.3. The molecule has 0 saturated heterocycles. The topological polar surface area (TPSA) is 58.2 Å². The van der Waals surface area contributed by atoms with E-state index in [1.165, 1.54) is 0 Å². The minimum absolute atomic E-state index is 0.624. The molecule has 122 valence electrons. The summed E-state index contributed by atoms with van der Waals surface area (Å²) in [6, 6.07) is 25.6. The van der Waals surface area contributed by atoms with E-state index in [-0.39, 0.29) is 0 Å². The fourth-order valence-corrected chi connectivity index (χ4v) is 3.73. The predicted octanol–water partition coefficient (Wildman–Crippen LogP) is 3.96. The van der Waals surface area contributed by atoms with Crippen LogP contribution < -0.4 is 9.44 Å². The summed E-state index contributed by atoms with van der Waals surface area (Å²) in [6.07, 6.45) is 0. The van der Waals surface area contributed by atoms with Crippen molar-refractivity contribution in [3.8, 4) is 0 Å². The van der Waals surface area contributed by atoms with Gasteiger partial charge in [-0.25, -0.2) is 8.42 Å². The maximum Gasteiger partial charge on any atom is 0.150 e. The Kier molecular flexibility index (Phi) is 5.40. The lowest BCUT2D eigenvalue weighted by Gasteiger charge is -2.08. The summed E-state index contributed by atoms with van der Waals surface area (Å²) < 4.78 is 30.4. The monoisotopic (exact) mass is 356 g/mol. The van der Waals surface area contributed by atoms with Gasteiger partial charge in [-0.2, -0.15) is 0 Å². The van der Waals surface area contributed by atoms with Gasteiger partial charge in [-0.1, -0.05) is 36.4 Å². The van der Waals surface area contributed by atoms with E-state index in [4.69, 9.17) is 0 Å². The van der Waals surface area contributed by atoms with Gasteiger partial charge in [0.2, 0.25) is 0 Å². The number of benzene rings is 3. The number of rotatable bonds is 6. The molecule has 0 spiro atoms. The fourth-order valence-electron chi connectivity index (χ4n) is 2.03. The third kappa shape index (κ3) is 4.31. The molecular formula is C18H16N2O2S2. The predicted molar refractivity (Wildman–Crippen MR) is 99.4 cm³/mol. The van der Waals surface area contributed by atoms with Crippen LogP contribution in [0.15, 0.2) is 94.7 Å². The lowest BCUT2D eigenvalue weighted by Crippen LogP contribution is -2.06. The Balaban J connectivity index is 1.66. The molecule has 0 radical (unpaired) electrons. The van der Waals surface area contributed by atoms with Crippen LogP contribution in [-0.2, 0) is 22.0 Å². The molecule has 3 rings (SSSR count). The number of anilines is 2. The highest BCUT2D eigenvalue weighted by molar-refractivity contribution is 7.86. The van der Waals surface area contributed by atoms with Gasteiger partial charge in [0.15, 0.2) is 0 Å². The van der Waals surface area contributed by atoms with Crippen LogP contribution in [-0.4, -0.2) is 8.42 Å². The van der Waals surface area contributed by atoms with Crippen molar-refractivity contribution in [3.05, 3.63) is 84.9 Å². The minimum atomic E-state index is -1.36. The number of hydrogen-bond donors (Lipinski definition) is 2. The van der Waals surface area contributed by atoms with Crippen molar-refractivity contribution in [1.82, 2.24) is 0 Å². The van der Waals surface area contributed by atoms with Gasteiger partial charge < -0.3 is 9.44 Å². The smallest absolute Gasteiger partial charge is 0.150 e. The van der Waals surface area contributed by atoms with Crippen molar-refractivity contribution in [3.63, 3.8) is 0 Å². The number of hydrogen-bond acceptors (Lipinski definition) is 2. The van der Waals surface area contributed by atoms with E-state index in [0.29, 0.717) is 9.79 Å². The Labute approximate surface area is 146 Å². The Morgan fingerprint density at radius 2 is 0.833 bits per heavy atom. The molecule has 24 heavy (non-hydrogen) atoms. The first-order valence-corrected chi connectivity index (χ1v) is 9.59. The van der Waals surface area contributed by atoms with Gasteiger partial charge in [0.25, 0.3) is 0 Å². The van der Waals surface area contributed by atoms with Crippen molar-refractivity contribution in [1.29, 1.82) is 0 Å². The zero-order chi connectivity index (χ0) is 16.8. The maximum absolute atomic E-state index is 12.3. The van der Waals surface area contributed by atoms with Crippen molar-refractivity contribution in [2.75, 3.05) is 9.44 Å². The first-order valence-electron chi connectivity index (χ1n) is 7.29. The summed E-state index contributed by atoms with van der Waals surface area (Å²) in [5.41, 5.74) is 1.57. The van der Waals surface area contributed by atoms with Gasteiger partial charge in [-0.3, -0.25) is 0 Å². The molecule has 0 aliphatic heterocycles. The van der Waals surface area contributed by atoms with E-state index in [9.17, 15) is 8.42 Å². The molecule has 3 aromatic carbocycles. The minimum Gasteiger partial charge on any atom is -0.301 e. The normalized spacial score (nSPS) is 13.0. The highest BCUT2D eigenvalue weighted by Crippen LogP contribution is 2.16. The Bertz CT molecular complexity index is 765. The van der Waals surface area contributed by atoms with E-state index < -0.39 is 22.0 Å². The van der Waals surface area contributed by atoms with E-state index in [0.717, 1.165) is 11.4 Å². The molecule has 2 atom stereocenters. The third-order valence-corrected chi connectivity index (χ3v) is 5.46. The van der Waals surface area contributed by atoms with Crippen LogP contribution >= 0.6 is 0 Å². The van der Waals surface area contributed by atoms with E-state index in [1.807, 2.05) is 60.7 Å². The van der Waals surface area contributed by atoms with E-state index in [2.05, 4.69) is 9.44 Å². The highest BCUT2D eigenvalue weighted by Gasteiger charge is 2.07. The maximum atomic E-state index is 12.3. The average molecular weight is 356 g/mol. The molecule has 2 unspecified atom stereocenters. The van der Waals surface area contributed by atoms with Crippen LogP contribution in [0, 0.1) is 0 Å². The molecule has 3 aromatic rings. The van der Waals surface area contributed by atoms with E-state index >= 15 is 0 Å². The second kappa shape index (κ2) is 7.90. The summed E-state index contributed by atoms with van der Waals surface area (Å²) in [6.45, 7) is 0. The third-order valence-electron chi connectivity index (χ3n) is 3.22. The molecule has 6 heteroatoms. The Morgan fingerprint density at radius 1 is 0.500 bits per heavy atom. The summed E-state index contributed by atoms with van der Waals surface area (Å²) in [7, 11) is -2.73. The molecular weight excluding hydrogens is 340 g/mol. The molecule has 0 aliphatic carbocycles. The molecule has 0 fully saturated rings. The summed E-state index contributed by atoms with van der Waals surface area (Å²) in [5.74, 6) is 0. The summed E-state index contributed by atoms with van der Waals surface area (Å²) in [5, 5.41) is 0. The number of nitrogens with one attached hydrogen (secondary N) is 2. The number of para-hydroxylation sites is 2. The van der Waals surface area contributed by atoms with Gasteiger partial charge in [0, 0.05) is 11.4 Å². The zero-order valence-electron chi connectivity index (χ0n) is 12.7. The molecule has 2 N–H and O–H groups in total. The molecule has 0 aromatic heterocycles. The van der Waals surface area contributed by atoms with Crippen LogP contribution in [0.25, 0.3) is 0 Å². The van der Waals surface area contributed by atoms with Crippen molar-refractivity contribution in [2.24, 2.45) is 0 Å². The first-order chi connectivity index (χ1) is 11.7. The van der Waals surface area contributed by atoms with Gasteiger partial charge in [-0.15, -0.1) is 0 Å². The summed E-state index contributed by atoms with van der Waals surface area (Å²) >= 11 is 0. The van der Waals surface area contributed by atoms with Gasteiger partial charge in [0.1, 0.15) is 22.0 Å². The van der Waals surface area contributed by atoms with Crippen molar-refractivity contribution >= 4 is 33.3 Å². The SMILES string of the molecule is O=S(Nc1ccccc1)c1ccc(S(=O)Nc2ccccc2)cc1. The zero-order valence-corrected chi connectivity index (χ0v) is 14.3. The molecule has 0 bridgehead atoms. The second-order valence-corrected chi connectivity index (χ2v) is 7.37.